The van der Waals surface area contributed by atoms with Crippen molar-refractivity contribution in [2.24, 2.45) is 0 Å². The Morgan fingerprint density at radius 1 is 1.35 bits per heavy atom. The molecule has 0 aliphatic carbocycles. The molecule has 3 rings (SSSR count). The highest BCUT2D eigenvalue weighted by molar-refractivity contribution is 5.76. The van der Waals surface area contributed by atoms with E-state index < -0.39 is 0 Å². The molecule has 0 radical (unpaired) electrons. The summed E-state index contributed by atoms with van der Waals surface area (Å²) in [7, 11) is 0. The first-order chi connectivity index (χ1) is 11.0. The molecule has 124 valence electrons. The molecule has 3 heterocycles. The molecule has 1 aliphatic rings. The largest absolute Gasteiger partial charge is 0.338 e. The van der Waals surface area contributed by atoms with Crippen LogP contribution in [0.15, 0.2) is 18.5 Å². The van der Waals surface area contributed by atoms with Gasteiger partial charge in [0.15, 0.2) is 0 Å². The first-order valence-electron chi connectivity index (χ1n) is 8.32. The third kappa shape index (κ3) is 3.63. The molecule has 0 bridgehead atoms. The number of amides is 1. The Kier molecular flexibility index (Phi) is 4.50. The van der Waals surface area contributed by atoms with E-state index in [2.05, 4.69) is 10.2 Å². The highest BCUT2D eigenvalue weighted by Crippen LogP contribution is 2.20. The minimum absolute atomic E-state index is 0.226. The summed E-state index contributed by atoms with van der Waals surface area (Å²) in [4.78, 5) is 14.6. The van der Waals surface area contributed by atoms with Crippen LogP contribution in [0.4, 0.5) is 0 Å². The molecule has 2 aromatic rings. The topological polar surface area (TPSA) is 56.0 Å². The molecule has 0 saturated carbocycles. The van der Waals surface area contributed by atoms with Crippen LogP contribution in [0.5, 0.6) is 0 Å². The van der Waals surface area contributed by atoms with Crippen molar-refractivity contribution in [1.82, 2.24) is 24.5 Å². The fourth-order valence-corrected chi connectivity index (χ4v) is 3.38. The number of aryl methyl sites for hydroxylation is 4. The standard InChI is InChI=1S/C17H25N5O/c1-13-10-18-20(11-13)12-16-5-4-7-21(16)17(23)6-8-22-15(3)9-14(2)19-22/h9-11,16H,4-8,12H2,1-3H3/t16-/m1/s1. The van der Waals surface area contributed by atoms with E-state index in [9.17, 15) is 4.79 Å². The quantitative estimate of drug-likeness (QED) is 0.849. The predicted molar refractivity (Wildman–Crippen MR) is 88.0 cm³/mol. The number of aromatic nitrogens is 4. The number of carbonyl (C=O) groups is 1. The number of rotatable bonds is 5. The zero-order valence-corrected chi connectivity index (χ0v) is 14.2. The van der Waals surface area contributed by atoms with E-state index in [1.165, 1.54) is 0 Å². The Hall–Kier alpha value is -2.11. The molecular weight excluding hydrogens is 290 g/mol. The lowest BCUT2D eigenvalue weighted by atomic mass is 10.2. The van der Waals surface area contributed by atoms with Gasteiger partial charge in [-0.1, -0.05) is 0 Å². The number of nitrogens with zero attached hydrogens (tertiary/aromatic N) is 5. The van der Waals surface area contributed by atoms with E-state index in [1.54, 1.807) is 0 Å². The van der Waals surface area contributed by atoms with Gasteiger partial charge < -0.3 is 4.90 Å². The summed E-state index contributed by atoms with van der Waals surface area (Å²) >= 11 is 0. The Morgan fingerprint density at radius 3 is 2.83 bits per heavy atom. The van der Waals surface area contributed by atoms with Crippen LogP contribution in [0.2, 0.25) is 0 Å². The third-order valence-corrected chi connectivity index (χ3v) is 4.50. The molecule has 6 nitrogen and oxygen atoms in total. The van der Waals surface area contributed by atoms with E-state index >= 15 is 0 Å². The molecule has 1 amide bonds. The van der Waals surface area contributed by atoms with E-state index in [0.717, 1.165) is 42.9 Å². The lowest BCUT2D eigenvalue weighted by Crippen LogP contribution is -2.38. The molecule has 0 aromatic carbocycles. The fourth-order valence-electron chi connectivity index (χ4n) is 3.38. The summed E-state index contributed by atoms with van der Waals surface area (Å²) in [5, 5.41) is 8.78. The van der Waals surface area contributed by atoms with Crippen molar-refractivity contribution in [1.29, 1.82) is 0 Å². The highest BCUT2D eigenvalue weighted by Gasteiger charge is 2.28. The van der Waals surface area contributed by atoms with E-state index in [-0.39, 0.29) is 11.9 Å². The summed E-state index contributed by atoms with van der Waals surface area (Å²) in [6.07, 6.45) is 6.55. The Bertz CT molecular complexity index is 687. The molecule has 0 spiro atoms. The normalized spacial score (nSPS) is 17.9. The van der Waals surface area contributed by atoms with Gasteiger partial charge in [-0.15, -0.1) is 0 Å². The van der Waals surface area contributed by atoms with Crippen LogP contribution >= 0.6 is 0 Å². The molecule has 1 saturated heterocycles. The van der Waals surface area contributed by atoms with Crippen LogP contribution in [0.1, 0.15) is 36.2 Å². The summed E-state index contributed by atoms with van der Waals surface area (Å²) < 4.78 is 3.88. The summed E-state index contributed by atoms with van der Waals surface area (Å²) in [6.45, 7) is 8.36. The van der Waals surface area contributed by atoms with Crippen LogP contribution in [0.25, 0.3) is 0 Å². The van der Waals surface area contributed by atoms with E-state index in [4.69, 9.17) is 0 Å². The van der Waals surface area contributed by atoms with Crippen molar-refractivity contribution < 1.29 is 4.79 Å². The molecule has 0 N–H and O–H groups in total. The Balaban J connectivity index is 1.58. The van der Waals surface area contributed by atoms with Gasteiger partial charge in [-0.05, 0) is 45.2 Å². The molecule has 1 aliphatic heterocycles. The zero-order chi connectivity index (χ0) is 16.4. The van der Waals surface area contributed by atoms with Crippen LogP contribution in [-0.2, 0) is 17.9 Å². The monoisotopic (exact) mass is 315 g/mol. The van der Waals surface area contributed by atoms with Crippen molar-refractivity contribution in [3.8, 4) is 0 Å². The second-order valence-electron chi connectivity index (χ2n) is 6.52. The van der Waals surface area contributed by atoms with Gasteiger partial charge in [0.05, 0.1) is 24.5 Å². The van der Waals surface area contributed by atoms with Gasteiger partial charge in [0.25, 0.3) is 0 Å². The maximum atomic E-state index is 12.6. The number of carbonyl (C=O) groups excluding carboxylic acids is 1. The lowest BCUT2D eigenvalue weighted by Gasteiger charge is -2.25. The number of hydrogen-bond acceptors (Lipinski definition) is 3. The highest BCUT2D eigenvalue weighted by atomic mass is 16.2. The second kappa shape index (κ2) is 6.56. The van der Waals surface area contributed by atoms with Crippen molar-refractivity contribution in [3.05, 3.63) is 35.4 Å². The zero-order valence-electron chi connectivity index (χ0n) is 14.2. The van der Waals surface area contributed by atoms with Crippen LogP contribution in [0, 0.1) is 20.8 Å². The van der Waals surface area contributed by atoms with E-state index in [1.807, 2.05) is 53.5 Å². The lowest BCUT2D eigenvalue weighted by molar-refractivity contribution is -0.132. The van der Waals surface area contributed by atoms with Gasteiger partial charge in [-0.3, -0.25) is 14.2 Å². The van der Waals surface area contributed by atoms with E-state index in [0.29, 0.717) is 13.0 Å². The van der Waals surface area contributed by atoms with Crippen molar-refractivity contribution >= 4 is 5.91 Å². The Morgan fingerprint density at radius 2 is 2.17 bits per heavy atom. The van der Waals surface area contributed by atoms with Crippen molar-refractivity contribution in [2.75, 3.05) is 6.54 Å². The Labute approximate surface area is 137 Å². The fraction of sp³-hybridized carbons (Fsp3) is 0.588. The van der Waals surface area contributed by atoms with Crippen LogP contribution in [-0.4, -0.2) is 43.0 Å². The average Bonchev–Trinajstić information content (AvgIpc) is 3.19. The summed E-state index contributed by atoms with van der Waals surface area (Å²) in [5.41, 5.74) is 3.27. The summed E-state index contributed by atoms with van der Waals surface area (Å²) in [5.74, 6) is 0.226. The SMILES string of the molecule is Cc1cnn(C[C@H]2CCCN2C(=O)CCn2nc(C)cc2C)c1. The molecule has 1 atom stereocenters. The van der Waals surface area contributed by atoms with Gasteiger partial charge >= 0.3 is 0 Å². The minimum Gasteiger partial charge on any atom is -0.338 e. The smallest absolute Gasteiger partial charge is 0.224 e. The molecule has 6 heteroatoms. The second-order valence-corrected chi connectivity index (χ2v) is 6.52. The van der Waals surface area contributed by atoms with Gasteiger partial charge in [-0.25, -0.2) is 0 Å². The van der Waals surface area contributed by atoms with Crippen molar-refractivity contribution in [2.45, 2.75) is 59.2 Å². The number of hydrogen-bond donors (Lipinski definition) is 0. The maximum Gasteiger partial charge on any atom is 0.224 e. The van der Waals surface area contributed by atoms with Crippen LogP contribution < -0.4 is 0 Å². The third-order valence-electron chi connectivity index (χ3n) is 4.50. The predicted octanol–water partition coefficient (Wildman–Crippen LogP) is 2.09. The van der Waals surface area contributed by atoms with Crippen molar-refractivity contribution in [3.63, 3.8) is 0 Å². The first kappa shape index (κ1) is 15.8. The summed E-state index contributed by atoms with van der Waals surface area (Å²) in [6, 6.07) is 2.31. The molecule has 2 aromatic heterocycles. The molecule has 1 fully saturated rings. The van der Waals surface area contributed by atoms with Gasteiger partial charge in [-0.2, -0.15) is 10.2 Å². The molecule has 0 unspecified atom stereocenters. The molecular formula is C17H25N5O. The number of likely N-dealkylation sites (tertiary alicyclic amines) is 1. The minimum atomic E-state index is 0.226. The van der Waals surface area contributed by atoms with Gasteiger partial charge in [0.1, 0.15) is 0 Å². The maximum absolute atomic E-state index is 12.6. The van der Waals surface area contributed by atoms with Crippen LogP contribution in [0.3, 0.4) is 0 Å². The van der Waals surface area contributed by atoms with Gasteiger partial charge in [0.2, 0.25) is 5.91 Å². The average molecular weight is 315 g/mol. The first-order valence-corrected chi connectivity index (χ1v) is 8.32. The van der Waals surface area contributed by atoms with Gasteiger partial charge in [0, 0.05) is 31.4 Å². The molecule has 23 heavy (non-hydrogen) atoms.